The van der Waals surface area contributed by atoms with E-state index in [1.807, 2.05) is 6.20 Å². The predicted molar refractivity (Wildman–Crippen MR) is 82.9 cm³/mol. The number of carbonyl (C=O) groups is 1. The van der Waals surface area contributed by atoms with Crippen LogP contribution >= 0.6 is 11.6 Å². The Morgan fingerprint density at radius 1 is 1.32 bits per heavy atom. The zero-order chi connectivity index (χ0) is 15.7. The number of hydrogen-bond donors (Lipinski definition) is 0. The number of rotatable bonds is 3. The number of esters is 1. The molecule has 0 saturated carbocycles. The summed E-state index contributed by atoms with van der Waals surface area (Å²) in [5.74, 6) is 0.139. The van der Waals surface area contributed by atoms with Gasteiger partial charge in [0, 0.05) is 23.6 Å². The largest absolute Gasteiger partial charge is 0.468 e. The van der Waals surface area contributed by atoms with E-state index in [1.165, 1.54) is 7.11 Å². The summed E-state index contributed by atoms with van der Waals surface area (Å²) in [6.07, 6.45) is 5.27. The van der Waals surface area contributed by atoms with Gasteiger partial charge in [-0.1, -0.05) is 23.7 Å². The summed E-state index contributed by atoms with van der Waals surface area (Å²) in [5.41, 5.74) is 0.292. The predicted octanol–water partition coefficient (Wildman–Crippen LogP) is 2.86. The second-order valence-electron chi connectivity index (χ2n) is 5.08. The molecule has 0 aliphatic carbocycles. The van der Waals surface area contributed by atoms with Gasteiger partial charge in [0.05, 0.1) is 12.8 Å². The minimum atomic E-state index is -1.03. The van der Waals surface area contributed by atoms with Gasteiger partial charge in [0.1, 0.15) is 5.41 Å². The highest BCUT2D eigenvalue weighted by molar-refractivity contribution is 6.30. The molecule has 0 aliphatic heterocycles. The Balaban J connectivity index is 2.21. The van der Waals surface area contributed by atoms with Gasteiger partial charge < -0.3 is 4.74 Å². The summed E-state index contributed by atoms with van der Waals surface area (Å²) in [6.45, 7) is 1.78. The second kappa shape index (κ2) is 5.42. The fourth-order valence-electron chi connectivity index (χ4n) is 2.43. The van der Waals surface area contributed by atoms with Crippen molar-refractivity contribution in [3.63, 3.8) is 0 Å². The molecule has 0 bridgehead atoms. The third kappa shape index (κ3) is 2.23. The molecular weight excluding hydrogens is 302 g/mol. The molecule has 1 atom stereocenters. The molecule has 0 radical (unpaired) electrons. The van der Waals surface area contributed by atoms with Gasteiger partial charge in [0.25, 0.3) is 0 Å². The Morgan fingerprint density at radius 3 is 2.68 bits per heavy atom. The number of fused-ring (bicyclic) bond motifs is 1. The lowest BCUT2D eigenvalue weighted by Crippen LogP contribution is -2.35. The molecular formula is C16H14ClN3O2. The van der Waals surface area contributed by atoms with Crippen molar-refractivity contribution < 1.29 is 9.53 Å². The molecule has 0 N–H and O–H groups in total. The van der Waals surface area contributed by atoms with Crippen LogP contribution in [0.25, 0.3) is 5.78 Å². The molecule has 6 heteroatoms. The molecule has 0 spiro atoms. The summed E-state index contributed by atoms with van der Waals surface area (Å²) in [5, 5.41) is 0.604. The highest BCUT2D eigenvalue weighted by Gasteiger charge is 2.40. The van der Waals surface area contributed by atoms with E-state index in [0.29, 0.717) is 16.5 Å². The summed E-state index contributed by atoms with van der Waals surface area (Å²) in [6, 6.07) is 8.89. The standard InChI is InChI=1S/C16H14ClN3O2/c1-16(14(21)22-2,11-4-6-12(17)7-5-11)13-10-20-9-3-8-18-15(20)19-13/h3-10H,1-2H3. The van der Waals surface area contributed by atoms with Crippen LogP contribution in [-0.2, 0) is 14.9 Å². The number of hydrogen-bond acceptors (Lipinski definition) is 4. The Labute approximate surface area is 132 Å². The maximum absolute atomic E-state index is 12.5. The average molecular weight is 316 g/mol. The van der Waals surface area contributed by atoms with Crippen molar-refractivity contribution in [3.05, 3.63) is 65.2 Å². The summed E-state index contributed by atoms with van der Waals surface area (Å²) in [4.78, 5) is 21.1. The number of nitrogens with zero attached hydrogens (tertiary/aromatic N) is 3. The van der Waals surface area contributed by atoms with E-state index in [2.05, 4.69) is 9.97 Å². The van der Waals surface area contributed by atoms with Crippen LogP contribution in [0.5, 0.6) is 0 Å². The molecule has 0 saturated heterocycles. The first-order chi connectivity index (χ1) is 10.6. The SMILES string of the molecule is COC(=O)C(C)(c1ccc(Cl)cc1)c1cn2cccnc2n1. The van der Waals surface area contributed by atoms with Crippen molar-refractivity contribution in [1.82, 2.24) is 14.4 Å². The van der Waals surface area contributed by atoms with Gasteiger partial charge in [-0.05, 0) is 30.7 Å². The maximum Gasteiger partial charge on any atom is 0.322 e. The summed E-state index contributed by atoms with van der Waals surface area (Å²) in [7, 11) is 1.37. The Hall–Kier alpha value is -2.40. The Kier molecular flexibility index (Phi) is 3.58. The van der Waals surface area contributed by atoms with Crippen LogP contribution in [0.2, 0.25) is 5.02 Å². The van der Waals surface area contributed by atoms with Crippen molar-refractivity contribution in [2.24, 2.45) is 0 Å². The van der Waals surface area contributed by atoms with E-state index in [1.54, 1.807) is 54.0 Å². The molecule has 0 amide bonds. The average Bonchev–Trinajstić information content (AvgIpc) is 2.98. The molecule has 0 aliphatic rings. The van der Waals surface area contributed by atoms with Crippen LogP contribution in [0.15, 0.2) is 48.9 Å². The molecule has 112 valence electrons. The van der Waals surface area contributed by atoms with Crippen molar-refractivity contribution in [2.45, 2.75) is 12.3 Å². The number of imidazole rings is 1. The van der Waals surface area contributed by atoms with Gasteiger partial charge in [-0.3, -0.25) is 9.20 Å². The quantitative estimate of drug-likeness (QED) is 0.697. The van der Waals surface area contributed by atoms with Crippen molar-refractivity contribution in [1.29, 1.82) is 0 Å². The van der Waals surface area contributed by atoms with E-state index in [-0.39, 0.29) is 0 Å². The smallest absolute Gasteiger partial charge is 0.322 e. The van der Waals surface area contributed by atoms with Gasteiger partial charge in [-0.25, -0.2) is 9.97 Å². The number of ether oxygens (including phenoxy) is 1. The lowest BCUT2D eigenvalue weighted by atomic mass is 9.80. The van der Waals surface area contributed by atoms with E-state index in [4.69, 9.17) is 16.3 Å². The van der Waals surface area contributed by atoms with Gasteiger partial charge in [-0.15, -0.1) is 0 Å². The normalized spacial score (nSPS) is 13.8. The highest BCUT2D eigenvalue weighted by Crippen LogP contribution is 2.33. The molecule has 3 rings (SSSR count). The van der Waals surface area contributed by atoms with Gasteiger partial charge >= 0.3 is 5.97 Å². The zero-order valence-corrected chi connectivity index (χ0v) is 12.9. The second-order valence-corrected chi connectivity index (χ2v) is 5.51. The van der Waals surface area contributed by atoms with Crippen LogP contribution in [0.4, 0.5) is 0 Å². The summed E-state index contributed by atoms with van der Waals surface area (Å²) < 4.78 is 6.78. The number of carbonyl (C=O) groups excluding carboxylic acids is 1. The van der Waals surface area contributed by atoms with Crippen molar-refractivity contribution >= 4 is 23.3 Å². The van der Waals surface area contributed by atoms with Gasteiger partial charge in [-0.2, -0.15) is 0 Å². The van der Waals surface area contributed by atoms with Gasteiger partial charge in [0.2, 0.25) is 5.78 Å². The maximum atomic E-state index is 12.5. The monoisotopic (exact) mass is 315 g/mol. The molecule has 1 unspecified atom stereocenters. The van der Waals surface area contributed by atoms with Crippen molar-refractivity contribution in [3.8, 4) is 0 Å². The lowest BCUT2D eigenvalue weighted by molar-refractivity contribution is -0.145. The first-order valence-corrected chi connectivity index (χ1v) is 7.08. The minimum absolute atomic E-state index is 0.391. The molecule has 3 aromatic rings. The lowest BCUT2D eigenvalue weighted by Gasteiger charge is -2.25. The first-order valence-electron chi connectivity index (χ1n) is 6.70. The van der Waals surface area contributed by atoms with Crippen LogP contribution < -0.4 is 0 Å². The van der Waals surface area contributed by atoms with Crippen LogP contribution in [-0.4, -0.2) is 27.4 Å². The number of benzene rings is 1. The number of aromatic nitrogens is 3. The summed E-state index contributed by atoms with van der Waals surface area (Å²) >= 11 is 5.94. The van der Waals surface area contributed by atoms with Crippen LogP contribution in [0, 0.1) is 0 Å². The first kappa shape index (κ1) is 14.5. The molecule has 0 fully saturated rings. The highest BCUT2D eigenvalue weighted by atomic mass is 35.5. The zero-order valence-electron chi connectivity index (χ0n) is 12.2. The third-order valence-corrected chi connectivity index (χ3v) is 4.01. The van der Waals surface area contributed by atoms with E-state index in [9.17, 15) is 4.79 Å². The molecule has 22 heavy (non-hydrogen) atoms. The fraction of sp³-hybridized carbons (Fsp3) is 0.188. The van der Waals surface area contributed by atoms with Crippen LogP contribution in [0.1, 0.15) is 18.2 Å². The van der Waals surface area contributed by atoms with Crippen molar-refractivity contribution in [2.75, 3.05) is 7.11 Å². The number of halogens is 1. The van der Waals surface area contributed by atoms with E-state index < -0.39 is 11.4 Å². The molecule has 2 aromatic heterocycles. The minimum Gasteiger partial charge on any atom is -0.468 e. The topological polar surface area (TPSA) is 56.5 Å². The van der Waals surface area contributed by atoms with E-state index >= 15 is 0 Å². The fourth-order valence-corrected chi connectivity index (χ4v) is 2.55. The van der Waals surface area contributed by atoms with Crippen LogP contribution in [0.3, 0.4) is 0 Å². The van der Waals surface area contributed by atoms with E-state index in [0.717, 1.165) is 5.56 Å². The number of methoxy groups -OCH3 is 1. The molecule has 2 heterocycles. The molecule has 1 aromatic carbocycles. The Morgan fingerprint density at radius 2 is 2.05 bits per heavy atom. The molecule has 5 nitrogen and oxygen atoms in total. The Bertz CT molecular complexity index is 796. The van der Waals surface area contributed by atoms with Gasteiger partial charge in [0.15, 0.2) is 0 Å². The third-order valence-electron chi connectivity index (χ3n) is 3.76.